The summed E-state index contributed by atoms with van der Waals surface area (Å²) in [5, 5.41) is 5.02. The summed E-state index contributed by atoms with van der Waals surface area (Å²) in [4.78, 5) is 41.1. The second-order valence-corrected chi connectivity index (χ2v) is 11.2. The van der Waals surface area contributed by atoms with Crippen LogP contribution < -0.4 is 10.9 Å². The number of benzene rings is 1. The second kappa shape index (κ2) is 8.58. The zero-order valence-corrected chi connectivity index (χ0v) is 20.5. The van der Waals surface area contributed by atoms with Crippen molar-refractivity contribution in [1.29, 1.82) is 0 Å². The monoisotopic (exact) mass is 479 g/mol. The molecule has 1 aliphatic carbocycles. The van der Waals surface area contributed by atoms with Gasteiger partial charge in [0, 0.05) is 36.7 Å². The number of amides is 1. The molecule has 1 saturated carbocycles. The molecule has 3 aromatic rings. The first kappa shape index (κ1) is 22.7. The highest BCUT2D eigenvalue weighted by molar-refractivity contribution is 7.23. The fourth-order valence-electron chi connectivity index (χ4n) is 4.15. The normalized spacial score (nSPS) is 16.4. The Kier molecular flexibility index (Phi) is 5.72. The highest BCUT2D eigenvalue weighted by Crippen LogP contribution is 2.39. The van der Waals surface area contributed by atoms with Crippen molar-refractivity contribution in [2.45, 2.75) is 51.8 Å². The van der Waals surface area contributed by atoms with Gasteiger partial charge in [-0.3, -0.25) is 14.2 Å². The highest BCUT2D eigenvalue weighted by Gasteiger charge is 2.35. The third-order valence-corrected chi connectivity index (χ3v) is 7.26. The van der Waals surface area contributed by atoms with Gasteiger partial charge in [0.1, 0.15) is 15.4 Å². The second-order valence-electron chi connectivity index (χ2n) is 10.2. The standard InChI is InChI=1S/C26H29N3O4S/c1-26(2,3)33-25(32)28-14-18(15-28)27-23-21(22(31)17-7-5-4-6-8-17)19-11-12-20(30)29(24(19)34-23)13-16-9-10-16/h4-8,11-12,16,18,27H,9-10,13-15H2,1-3H3. The van der Waals surface area contributed by atoms with E-state index in [2.05, 4.69) is 5.32 Å². The molecular formula is C26H29N3O4S. The van der Waals surface area contributed by atoms with E-state index in [0.29, 0.717) is 36.7 Å². The maximum Gasteiger partial charge on any atom is 0.410 e. The van der Waals surface area contributed by atoms with Crippen LogP contribution in [0.1, 0.15) is 49.5 Å². The van der Waals surface area contributed by atoms with Gasteiger partial charge in [-0.1, -0.05) is 41.7 Å². The number of carbonyl (C=O) groups excluding carboxylic acids is 2. The average Bonchev–Trinajstić information content (AvgIpc) is 3.50. The minimum absolute atomic E-state index is 0.00603. The Morgan fingerprint density at radius 3 is 2.44 bits per heavy atom. The number of pyridine rings is 1. The van der Waals surface area contributed by atoms with Gasteiger partial charge >= 0.3 is 6.09 Å². The maximum absolute atomic E-state index is 13.6. The van der Waals surface area contributed by atoms with Crippen molar-refractivity contribution >= 4 is 38.4 Å². The molecule has 2 fully saturated rings. The lowest BCUT2D eigenvalue weighted by atomic mass is 10.0. The number of carbonyl (C=O) groups is 2. The molecule has 7 nitrogen and oxygen atoms in total. The highest BCUT2D eigenvalue weighted by atomic mass is 32.1. The molecule has 0 bridgehead atoms. The number of rotatable bonds is 6. The van der Waals surface area contributed by atoms with E-state index in [1.54, 1.807) is 17.0 Å². The topological polar surface area (TPSA) is 80.6 Å². The van der Waals surface area contributed by atoms with Crippen LogP contribution in [0.15, 0.2) is 47.3 Å². The Hall–Kier alpha value is -3.13. The first-order chi connectivity index (χ1) is 16.2. The molecule has 0 atom stereocenters. The van der Waals surface area contributed by atoms with Crippen LogP contribution in [0.5, 0.6) is 0 Å². The lowest BCUT2D eigenvalue weighted by Crippen LogP contribution is -2.57. The number of nitrogens with one attached hydrogen (secondary N) is 1. The molecule has 34 heavy (non-hydrogen) atoms. The van der Waals surface area contributed by atoms with Gasteiger partial charge in [0.05, 0.1) is 11.6 Å². The fraction of sp³-hybridized carbons (Fsp3) is 0.423. The van der Waals surface area contributed by atoms with Gasteiger partial charge in [-0.05, 0) is 45.6 Å². The zero-order valence-electron chi connectivity index (χ0n) is 19.7. The molecule has 0 unspecified atom stereocenters. The van der Waals surface area contributed by atoms with Gasteiger partial charge in [0.2, 0.25) is 0 Å². The number of nitrogens with zero attached hydrogens (tertiary/aromatic N) is 2. The van der Waals surface area contributed by atoms with Gasteiger partial charge in [-0.15, -0.1) is 0 Å². The summed E-state index contributed by atoms with van der Waals surface area (Å²) in [5.41, 5.74) is 0.619. The van der Waals surface area contributed by atoms with Crippen molar-refractivity contribution in [3.8, 4) is 0 Å². The summed E-state index contributed by atoms with van der Waals surface area (Å²) in [5.74, 6) is 0.457. The molecule has 8 heteroatoms. The van der Waals surface area contributed by atoms with E-state index in [9.17, 15) is 14.4 Å². The van der Waals surface area contributed by atoms with E-state index in [1.165, 1.54) is 11.3 Å². The van der Waals surface area contributed by atoms with Crippen LogP contribution in [0.2, 0.25) is 0 Å². The van der Waals surface area contributed by atoms with Gasteiger partial charge in [-0.25, -0.2) is 4.79 Å². The molecule has 2 aliphatic rings. The predicted octanol–water partition coefficient (Wildman–Crippen LogP) is 4.74. The van der Waals surface area contributed by atoms with E-state index >= 15 is 0 Å². The molecule has 1 saturated heterocycles. The Morgan fingerprint density at radius 2 is 1.79 bits per heavy atom. The smallest absolute Gasteiger partial charge is 0.410 e. The Bertz CT molecular complexity index is 1300. The number of aromatic nitrogens is 1. The minimum atomic E-state index is -0.540. The van der Waals surface area contributed by atoms with Crippen LogP contribution >= 0.6 is 11.3 Å². The molecule has 1 amide bonds. The van der Waals surface area contributed by atoms with Crippen molar-refractivity contribution < 1.29 is 14.3 Å². The number of likely N-dealkylation sites (tertiary alicyclic amines) is 1. The molecule has 1 aliphatic heterocycles. The van der Waals surface area contributed by atoms with E-state index in [4.69, 9.17) is 4.74 Å². The molecule has 0 radical (unpaired) electrons. The molecule has 1 aromatic carbocycles. The minimum Gasteiger partial charge on any atom is -0.444 e. The van der Waals surface area contributed by atoms with E-state index < -0.39 is 5.60 Å². The Labute approximate surface area is 202 Å². The third-order valence-electron chi connectivity index (χ3n) is 6.10. The molecule has 1 N–H and O–H groups in total. The van der Waals surface area contributed by atoms with Crippen LogP contribution in [-0.4, -0.2) is 46.1 Å². The Morgan fingerprint density at radius 1 is 1.09 bits per heavy atom. The maximum atomic E-state index is 13.6. The van der Waals surface area contributed by atoms with Gasteiger partial charge in [-0.2, -0.15) is 0 Å². The average molecular weight is 480 g/mol. The van der Waals surface area contributed by atoms with Gasteiger partial charge in [0.15, 0.2) is 5.78 Å². The number of thiophene rings is 1. The van der Waals surface area contributed by atoms with Crippen molar-refractivity contribution in [2.24, 2.45) is 5.92 Å². The first-order valence-electron chi connectivity index (χ1n) is 11.7. The number of hydrogen-bond acceptors (Lipinski definition) is 6. The molecule has 5 rings (SSSR count). The predicted molar refractivity (Wildman–Crippen MR) is 134 cm³/mol. The summed E-state index contributed by atoms with van der Waals surface area (Å²) in [6, 6.07) is 12.5. The van der Waals surface area contributed by atoms with E-state index in [1.807, 2.05) is 55.7 Å². The van der Waals surface area contributed by atoms with Crippen LogP contribution in [0.4, 0.5) is 9.80 Å². The summed E-state index contributed by atoms with van der Waals surface area (Å²) >= 11 is 1.45. The largest absolute Gasteiger partial charge is 0.444 e. The number of ketones is 1. The fourth-order valence-corrected chi connectivity index (χ4v) is 5.43. The first-order valence-corrected chi connectivity index (χ1v) is 12.5. The number of ether oxygens (including phenoxy) is 1. The van der Waals surface area contributed by atoms with Crippen LogP contribution in [0, 0.1) is 5.92 Å². The van der Waals surface area contributed by atoms with Crippen LogP contribution in [-0.2, 0) is 11.3 Å². The van der Waals surface area contributed by atoms with E-state index in [0.717, 1.165) is 28.1 Å². The molecule has 178 valence electrons. The molecule has 2 aromatic heterocycles. The summed E-state index contributed by atoms with van der Waals surface area (Å²) < 4.78 is 7.27. The van der Waals surface area contributed by atoms with Gasteiger partial charge in [0.25, 0.3) is 5.56 Å². The number of anilines is 1. The quantitative estimate of drug-likeness (QED) is 0.517. The van der Waals surface area contributed by atoms with Crippen LogP contribution in [0.25, 0.3) is 10.2 Å². The molecule has 0 spiro atoms. The summed E-state index contributed by atoms with van der Waals surface area (Å²) in [7, 11) is 0. The third kappa shape index (κ3) is 4.59. The molecular weight excluding hydrogens is 450 g/mol. The van der Waals surface area contributed by atoms with Crippen LogP contribution in [0.3, 0.4) is 0 Å². The Balaban J connectivity index is 1.46. The van der Waals surface area contributed by atoms with Crippen molar-refractivity contribution in [1.82, 2.24) is 9.47 Å². The summed E-state index contributed by atoms with van der Waals surface area (Å²) in [6.07, 6.45) is 1.94. The number of fused-ring (bicyclic) bond motifs is 1. The zero-order chi connectivity index (χ0) is 24.0. The van der Waals surface area contributed by atoms with Gasteiger partial charge < -0.3 is 15.0 Å². The number of hydrogen-bond donors (Lipinski definition) is 1. The van der Waals surface area contributed by atoms with Crippen molar-refractivity contribution in [3.63, 3.8) is 0 Å². The lowest BCUT2D eigenvalue weighted by molar-refractivity contribution is 0.0105. The summed E-state index contributed by atoms with van der Waals surface area (Å²) in [6.45, 7) is 7.22. The molecule has 3 heterocycles. The van der Waals surface area contributed by atoms with Crippen molar-refractivity contribution in [2.75, 3.05) is 18.4 Å². The SMILES string of the molecule is CC(C)(C)OC(=O)N1CC(Nc2sc3c(ccc(=O)n3CC3CC3)c2C(=O)c2ccccc2)C1. The van der Waals surface area contributed by atoms with Crippen molar-refractivity contribution in [3.05, 3.63) is 63.9 Å². The lowest BCUT2D eigenvalue weighted by Gasteiger charge is -2.40. The van der Waals surface area contributed by atoms with E-state index in [-0.39, 0.29) is 23.5 Å².